The third kappa shape index (κ3) is 5.20. The van der Waals surface area contributed by atoms with E-state index in [0.29, 0.717) is 68.2 Å². The van der Waals surface area contributed by atoms with E-state index in [1.54, 1.807) is 40.1 Å². The molecule has 2 fully saturated rings. The van der Waals surface area contributed by atoms with Crippen molar-refractivity contribution in [2.45, 2.75) is 19.3 Å². The van der Waals surface area contributed by atoms with Gasteiger partial charge in [-0.1, -0.05) is 24.6 Å². The number of likely N-dealkylation sites (tertiary alicyclic amines) is 1. The fourth-order valence-corrected chi connectivity index (χ4v) is 4.55. The molecular weight excluding hydrogens is 487 g/mol. The number of phenolic OH excluding ortho intramolecular Hbond substituents is 1. The highest BCUT2D eigenvalue weighted by atomic mass is 19.1. The van der Waals surface area contributed by atoms with Crippen molar-refractivity contribution >= 4 is 23.2 Å². The van der Waals surface area contributed by atoms with E-state index in [-0.39, 0.29) is 29.1 Å². The van der Waals surface area contributed by atoms with Gasteiger partial charge < -0.3 is 25.5 Å². The number of nitrogens with two attached hydrogens (primary N) is 1. The van der Waals surface area contributed by atoms with Crippen LogP contribution in [0.15, 0.2) is 48.8 Å². The maximum absolute atomic E-state index is 14.9. The minimum Gasteiger partial charge on any atom is -0.507 e. The van der Waals surface area contributed by atoms with Gasteiger partial charge in [0.15, 0.2) is 17.5 Å². The zero-order chi connectivity index (χ0) is 26.6. The molecule has 0 atom stereocenters. The Labute approximate surface area is 219 Å². The van der Waals surface area contributed by atoms with E-state index in [9.17, 15) is 14.3 Å². The number of carbonyl (C=O) groups excluding carboxylic acids is 1. The number of para-hydroxylation sites is 1. The van der Waals surface area contributed by atoms with E-state index in [4.69, 9.17) is 5.73 Å². The SMILES string of the molecule is C=C1CCN(c2cc(-c3ccccc3O)nnc2N)CCN1c1nc(C#CCN2CCCC2=O)ncc1F. The van der Waals surface area contributed by atoms with E-state index < -0.39 is 5.82 Å². The van der Waals surface area contributed by atoms with E-state index in [0.717, 1.165) is 12.6 Å². The van der Waals surface area contributed by atoms with Crippen LogP contribution in [0.4, 0.5) is 21.7 Å². The summed E-state index contributed by atoms with van der Waals surface area (Å²) in [5.41, 5.74) is 8.57. The van der Waals surface area contributed by atoms with Gasteiger partial charge in [-0.15, -0.1) is 10.2 Å². The summed E-state index contributed by atoms with van der Waals surface area (Å²) in [5.74, 6) is 5.90. The number of anilines is 3. The van der Waals surface area contributed by atoms with Gasteiger partial charge in [0.25, 0.3) is 0 Å². The summed E-state index contributed by atoms with van der Waals surface area (Å²) in [7, 11) is 0. The van der Waals surface area contributed by atoms with E-state index >= 15 is 0 Å². The summed E-state index contributed by atoms with van der Waals surface area (Å²) in [4.78, 5) is 25.6. The molecule has 3 aromatic rings. The van der Waals surface area contributed by atoms with Crippen molar-refractivity contribution in [3.63, 3.8) is 0 Å². The fourth-order valence-electron chi connectivity index (χ4n) is 4.55. The molecule has 0 bridgehead atoms. The van der Waals surface area contributed by atoms with Crippen LogP contribution in [0.25, 0.3) is 11.3 Å². The second-order valence-electron chi connectivity index (χ2n) is 9.06. The van der Waals surface area contributed by atoms with Crippen molar-refractivity contribution in [3.05, 3.63) is 60.4 Å². The summed E-state index contributed by atoms with van der Waals surface area (Å²) in [6.45, 7) is 6.57. The third-order valence-corrected chi connectivity index (χ3v) is 6.59. The molecule has 1 aromatic carbocycles. The fraction of sp³-hybridized carbons (Fsp3) is 0.296. The van der Waals surface area contributed by atoms with Gasteiger partial charge in [0.2, 0.25) is 11.7 Å². The van der Waals surface area contributed by atoms with Gasteiger partial charge in [-0.2, -0.15) is 4.98 Å². The molecule has 0 aliphatic carbocycles. The lowest BCUT2D eigenvalue weighted by Crippen LogP contribution is -2.31. The molecule has 0 unspecified atom stereocenters. The molecule has 0 radical (unpaired) electrons. The van der Waals surface area contributed by atoms with Gasteiger partial charge >= 0.3 is 0 Å². The zero-order valence-corrected chi connectivity index (χ0v) is 20.8. The van der Waals surface area contributed by atoms with Crippen LogP contribution >= 0.6 is 0 Å². The average molecular weight is 515 g/mol. The summed E-state index contributed by atoms with van der Waals surface area (Å²) in [5, 5.41) is 18.5. The van der Waals surface area contributed by atoms with Crippen LogP contribution in [0.3, 0.4) is 0 Å². The zero-order valence-electron chi connectivity index (χ0n) is 20.8. The Morgan fingerprint density at radius 1 is 1.13 bits per heavy atom. The summed E-state index contributed by atoms with van der Waals surface area (Å²) in [6.07, 6.45) is 3.01. The standard InChI is InChI=1S/C27H27FN8O2/c1-18-10-13-34(22-16-21(32-33-26(22)29)19-6-2-3-7-23(19)37)14-15-36(18)27-20(28)17-30-24(31-27)8-4-11-35-12-5-9-25(35)38/h2-3,6-7,16-17,37H,1,5,9-15H2,(H2,29,33). The molecule has 1 amide bonds. The summed E-state index contributed by atoms with van der Waals surface area (Å²) >= 11 is 0. The van der Waals surface area contributed by atoms with Crippen LogP contribution in [-0.4, -0.2) is 68.8 Å². The number of hydrogen-bond donors (Lipinski definition) is 2. The molecule has 0 spiro atoms. The molecular formula is C27H27FN8O2. The third-order valence-electron chi connectivity index (χ3n) is 6.59. The number of benzene rings is 1. The van der Waals surface area contributed by atoms with Crippen LogP contribution < -0.4 is 15.5 Å². The number of phenols is 1. The molecule has 2 aromatic heterocycles. The molecule has 10 nitrogen and oxygen atoms in total. The Morgan fingerprint density at radius 3 is 2.76 bits per heavy atom. The Morgan fingerprint density at radius 2 is 1.97 bits per heavy atom. The normalized spacial score (nSPS) is 15.9. The largest absolute Gasteiger partial charge is 0.507 e. The Hall–Kier alpha value is -4.72. The van der Waals surface area contributed by atoms with Crippen molar-refractivity contribution in [2.75, 3.05) is 48.3 Å². The first-order chi connectivity index (χ1) is 18.4. The lowest BCUT2D eigenvalue weighted by molar-refractivity contribution is -0.127. The van der Waals surface area contributed by atoms with Gasteiger partial charge in [0.1, 0.15) is 5.75 Å². The minimum absolute atomic E-state index is 0.0863. The number of carbonyl (C=O) groups is 1. The predicted octanol–water partition coefficient (Wildman–Crippen LogP) is 2.56. The Kier molecular flexibility index (Phi) is 7.04. The number of amides is 1. The summed E-state index contributed by atoms with van der Waals surface area (Å²) < 4.78 is 14.9. The molecule has 2 aliphatic rings. The maximum atomic E-state index is 14.9. The van der Waals surface area contributed by atoms with Gasteiger partial charge in [-0.25, -0.2) is 9.37 Å². The van der Waals surface area contributed by atoms with Gasteiger partial charge in [0.05, 0.1) is 24.1 Å². The monoisotopic (exact) mass is 514 g/mol. The van der Waals surface area contributed by atoms with Gasteiger partial charge in [-0.3, -0.25) is 4.79 Å². The molecule has 38 heavy (non-hydrogen) atoms. The number of rotatable bonds is 4. The van der Waals surface area contributed by atoms with Crippen LogP contribution in [0.5, 0.6) is 5.75 Å². The second kappa shape index (κ2) is 10.7. The van der Waals surface area contributed by atoms with Crippen molar-refractivity contribution in [1.29, 1.82) is 0 Å². The van der Waals surface area contributed by atoms with Crippen molar-refractivity contribution in [3.8, 4) is 28.8 Å². The first kappa shape index (κ1) is 25.0. The van der Waals surface area contributed by atoms with Crippen molar-refractivity contribution in [2.24, 2.45) is 0 Å². The lowest BCUT2D eigenvalue weighted by Gasteiger charge is -2.25. The van der Waals surface area contributed by atoms with E-state index in [1.165, 1.54) is 0 Å². The van der Waals surface area contributed by atoms with Gasteiger partial charge in [0, 0.05) is 50.3 Å². The minimum atomic E-state index is -0.577. The molecule has 0 saturated carbocycles. The molecule has 2 saturated heterocycles. The van der Waals surface area contributed by atoms with Crippen molar-refractivity contribution < 1.29 is 14.3 Å². The highest BCUT2D eigenvalue weighted by molar-refractivity contribution is 5.78. The van der Waals surface area contributed by atoms with E-state index in [2.05, 4.69) is 38.6 Å². The molecule has 3 N–H and O–H groups in total. The smallest absolute Gasteiger partial charge is 0.223 e. The summed E-state index contributed by atoms with van der Waals surface area (Å²) in [6, 6.07) is 8.67. The van der Waals surface area contributed by atoms with E-state index in [1.807, 2.05) is 4.90 Å². The maximum Gasteiger partial charge on any atom is 0.223 e. The number of nitrogen functional groups attached to an aromatic ring is 1. The number of aromatic nitrogens is 4. The van der Waals surface area contributed by atoms with Crippen LogP contribution in [0.1, 0.15) is 25.1 Å². The highest BCUT2D eigenvalue weighted by Crippen LogP contribution is 2.33. The second-order valence-corrected chi connectivity index (χ2v) is 9.06. The average Bonchev–Trinajstić information content (AvgIpc) is 3.22. The number of nitrogens with zero attached hydrogens (tertiary/aromatic N) is 7. The first-order valence-corrected chi connectivity index (χ1v) is 12.3. The van der Waals surface area contributed by atoms with Crippen LogP contribution in [-0.2, 0) is 4.79 Å². The molecule has 5 rings (SSSR count). The topological polar surface area (TPSA) is 125 Å². The highest BCUT2D eigenvalue weighted by Gasteiger charge is 2.24. The van der Waals surface area contributed by atoms with Crippen molar-refractivity contribution in [1.82, 2.24) is 25.1 Å². The molecule has 2 aliphatic heterocycles. The lowest BCUT2D eigenvalue weighted by atomic mass is 10.1. The molecule has 11 heteroatoms. The number of aromatic hydroxyl groups is 1. The predicted molar refractivity (Wildman–Crippen MR) is 142 cm³/mol. The van der Waals surface area contributed by atoms with Crippen LogP contribution in [0, 0.1) is 17.7 Å². The van der Waals surface area contributed by atoms with Gasteiger partial charge in [-0.05, 0) is 30.5 Å². The number of hydrogen-bond acceptors (Lipinski definition) is 9. The first-order valence-electron chi connectivity index (χ1n) is 12.3. The Bertz CT molecular complexity index is 1450. The Balaban J connectivity index is 1.35. The molecule has 4 heterocycles. The molecule has 194 valence electrons. The quantitative estimate of drug-likeness (QED) is 0.506. The number of halogens is 1. The van der Waals surface area contributed by atoms with Crippen LogP contribution in [0.2, 0.25) is 0 Å².